The van der Waals surface area contributed by atoms with Crippen molar-refractivity contribution in [1.82, 2.24) is 0 Å². The van der Waals surface area contributed by atoms with Crippen LogP contribution in [0, 0.1) is 23.7 Å². The van der Waals surface area contributed by atoms with Gasteiger partial charge in [0.15, 0.2) is 0 Å². The van der Waals surface area contributed by atoms with Crippen LogP contribution in [0.15, 0.2) is 11.8 Å². The lowest BCUT2D eigenvalue weighted by atomic mass is 9.80. The van der Waals surface area contributed by atoms with Gasteiger partial charge in [-0.3, -0.25) is 0 Å². The summed E-state index contributed by atoms with van der Waals surface area (Å²) in [6.07, 6.45) is 6.12. The average Bonchev–Trinajstić information content (AvgIpc) is 2.71. The van der Waals surface area contributed by atoms with Crippen molar-refractivity contribution in [2.45, 2.75) is 24.6 Å². The van der Waals surface area contributed by atoms with E-state index in [1.807, 2.05) is 0 Å². The first-order valence-electron chi connectivity index (χ1n) is 5.19. The minimum absolute atomic E-state index is 0.419. The van der Waals surface area contributed by atoms with Gasteiger partial charge in [0.05, 0.1) is 12.9 Å². The van der Waals surface area contributed by atoms with Crippen LogP contribution in [0.1, 0.15) is 19.3 Å². The van der Waals surface area contributed by atoms with Gasteiger partial charge in [-0.25, -0.2) is 0 Å². The minimum Gasteiger partial charge on any atom is -0.501 e. The molecule has 2 bridgehead atoms. The average molecular weight is 199 g/mol. The maximum atomic E-state index is 6.31. The molecule has 0 heterocycles. The molecular formula is C11H15ClO. The monoisotopic (exact) mass is 198 g/mol. The Hall–Kier alpha value is -0.170. The molecule has 2 heteroatoms. The van der Waals surface area contributed by atoms with Crippen molar-refractivity contribution in [1.29, 1.82) is 0 Å². The van der Waals surface area contributed by atoms with Crippen LogP contribution in [0.3, 0.4) is 0 Å². The van der Waals surface area contributed by atoms with E-state index in [4.69, 9.17) is 16.3 Å². The van der Waals surface area contributed by atoms with Gasteiger partial charge in [-0.05, 0) is 43.1 Å². The summed E-state index contributed by atoms with van der Waals surface area (Å²) in [5, 5.41) is 0.419. The largest absolute Gasteiger partial charge is 0.501 e. The third-order valence-electron chi connectivity index (χ3n) is 4.25. The zero-order chi connectivity index (χ0) is 9.00. The summed E-state index contributed by atoms with van der Waals surface area (Å²) in [4.78, 5) is 0. The molecule has 0 aliphatic heterocycles. The fraction of sp³-hybridized carbons (Fsp3) is 0.818. The molecule has 1 nitrogen and oxygen atoms in total. The highest BCUT2D eigenvalue weighted by atomic mass is 35.5. The van der Waals surface area contributed by atoms with E-state index in [2.05, 4.69) is 6.08 Å². The molecule has 0 aromatic heterocycles. The van der Waals surface area contributed by atoms with Gasteiger partial charge in [0.2, 0.25) is 0 Å². The van der Waals surface area contributed by atoms with Crippen molar-refractivity contribution in [2.75, 3.05) is 7.11 Å². The molecule has 0 aromatic carbocycles. The van der Waals surface area contributed by atoms with Gasteiger partial charge in [-0.15, -0.1) is 11.6 Å². The Morgan fingerprint density at radius 2 is 2.23 bits per heavy atom. The first-order chi connectivity index (χ1) is 6.31. The number of allylic oxidation sites excluding steroid dienone is 2. The molecule has 2 fully saturated rings. The highest BCUT2D eigenvalue weighted by molar-refractivity contribution is 6.21. The summed E-state index contributed by atoms with van der Waals surface area (Å²) in [5.41, 5.74) is 0. The first-order valence-corrected chi connectivity index (χ1v) is 5.63. The molecule has 2 saturated carbocycles. The third-order valence-corrected chi connectivity index (χ3v) is 4.75. The van der Waals surface area contributed by atoms with E-state index in [0.29, 0.717) is 17.2 Å². The molecule has 0 aromatic rings. The number of hydrogen-bond donors (Lipinski definition) is 0. The summed E-state index contributed by atoms with van der Waals surface area (Å²) >= 11 is 6.31. The van der Waals surface area contributed by atoms with Crippen molar-refractivity contribution in [3.8, 4) is 0 Å². The zero-order valence-corrected chi connectivity index (χ0v) is 8.63. The summed E-state index contributed by atoms with van der Waals surface area (Å²) in [6, 6.07) is 0. The van der Waals surface area contributed by atoms with E-state index in [9.17, 15) is 0 Å². The van der Waals surface area contributed by atoms with Crippen molar-refractivity contribution in [3.05, 3.63) is 11.8 Å². The van der Waals surface area contributed by atoms with Gasteiger partial charge >= 0.3 is 0 Å². The fourth-order valence-corrected chi connectivity index (χ4v) is 4.25. The summed E-state index contributed by atoms with van der Waals surface area (Å²) in [7, 11) is 1.80. The van der Waals surface area contributed by atoms with Gasteiger partial charge in [0, 0.05) is 11.3 Å². The molecule has 3 aliphatic carbocycles. The quantitative estimate of drug-likeness (QED) is 0.589. The van der Waals surface area contributed by atoms with Crippen LogP contribution in [0.2, 0.25) is 0 Å². The van der Waals surface area contributed by atoms with Gasteiger partial charge in [0.25, 0.3) is 0 Å². The first kappa shape index (κ1) is 8.16. The Kier molecular flexibility index (Phi) is 1.67. The Bertz CT molecular complexity index is 261. The molecule has 0 radical (unpaired) electrons. The maximum absolute atomic E-state index is 6.31. The van der Waals surface area contributed by atoms with E-state index in [-0.39, 0.29) is 0 Å². The molecule has 5 atom stereocenters. The van der Waals surface area contributed by atoms with Crippen LogP contribution in [0.4, 0.5) is 0 Å². The predicted molar refractivity (Wildman–Crippen MR) is 52.5 cm³/mol. The van der Waals surface area contributed by atoms with E-state index in [0.717, 1.165) is 11.8 Å². The van der Waals surface area contributed by atoms with E-state index in [1.165, 1.54) is 25.0 Å². The molecule has 0 N–H and O–H groups in total. The second kappa shape index (κ2) is 2.66. The molecular weight excluding hydrogens is 184 g/mol. The van der Waals surface area contributed by atoms with Gasteiger partial charge in [0.1, 0.15) is 0 Å². The Balaban J connectivity index is 1.90. The normalized spacial score (nSPS) is 52.2. The highest BCUT2D eigenvalue weighted by Crippen LogP contribution is 2.60. The molecule has 0 saturated heterocycles. The van der Waals surface area contributed by atoms with Crippen LogP contribution in [-0.2, 0) is 4.74 Å². The molecule has 0 amide bonds. The van der Waals surface area contributed by atoms with Crippen molar-refractivity contribution in [2.24, 2.45) is 23.7 Å². The van der Waals surface area contributed by atoms with Crippen molar-refractivity contribution >= 4 is 11.6 Å². The number of fused-ring (bicyclic) bond motifs is 5. The molecule has 0 unspecified atom stereocenters. The van der Waals surface area contributed by atoms with Crippen molar-refractivity contribution < 1.29 is 4.74 Å². The lowest BCUT2D eigenvalue weighted by Crippen LogP contribution is -2.27. The second-order valence-corrected chi connectivity index (χ2v) is 5.21. The summed E-state index contributed by atoms with van der Waals surface area (Å²) < 4.78 is 5.43. The number of halogens is 1. The second-order valence-electron chi connectivity index (χ2n) is 4.65. The van der Waals surface area contributed by atoms with Crippen LogP contribution in [-0.4, -0.2) is 12.5 Å². The van der Waals surface area contributed by atoms with Crippen LogP contribution < -0.4 is 0 Å². The summed E-state index contributed by atoms with van der Waals surface area (Å²) in [6.45, 7) is 0. The predicted octanol–water partition coefficient (Wildman–Crippen LogP) is 2.80. The fourth-order valence-electron chi connectivity index (χ4n) is 3.76. The number of rotatable bonds is 1. The number of ether oxygens (including phenoxy) is 1. The topological polar surface area (TPSA) is 9.23 Å². The van der Waals surface area contributed by atoms with Gasteiger partial charge in [-0.2, -0.15) is 0 Å². The SMILES string of the molecule is COC1=CC[C@H]2[C@H]3C[C@@H]([C@@H]12)[C@H](Cl)C3. The van der Waals surface area contributed by atoms with Crippen LogP contribution in [0.25, 0.3) is 0 Å². The van der Waals surface area contributed by atoms with Crippen molar-refractivity contribution in [3.63, 3.8) is 0 Å². The highest BCUT2D eigenvalue weighted by Gasteiger charge is 2.55. The molecule has 13 heavy (non-hydrogen) atoms. The molecule has 0 spiro atoms. The molecule has 72 valence electrons. The van der Waals surface area contributed by atoms with Gasteiger partial charge in [-0.1, -0.05) is 0 Å². The standard InChI is InChI=1S/C11H15ClO/c1-13-10-3-2-7-6-4-8(11(7)10)9(12)5-6/h3,6-9,11H,2,4-5H2,1H3/t6-,7-,8+,9+,11-/m0/s1. The Morgan fingerprint density at radius 3 is 3.00 bits per heavy atom. The summed E-state index contributed by atoms with van der Waals surface area (Å²) in [5.74, 6) is 4.37. The molecule has 3 aliphatic rings. The zero-order valence-electron chi connectivity index (χ0n) is 7.87. The number of hydrogen-bond acceptors (Lipinski definition) is 1. The van der Waals surface area contributed by atoms with Crippen LogP contribution in [0.5, 0.6) is 0 Å². The van der Waals surface area contributed by atoms with Gasteiger partial charge < -0.3 is 4.74 Å². The van der Waals surface area contributed by atoms with E-state index >= 15 is 0 Å². The van der Waals surface area contributed by atoms with E-state index < -0.39 is 0 Å². The minimum atomic E-state index is 0.419. The third kappa shape index (κ3) is 0.942. The lowest BCUT2D eigenvalue weighted by Gasteiger charge is -2.29. The number of methoxy groups -OCH3 is 1. The maximum Gasteiger partial charge on any atom is 0.0952 e. The lowest BCUT2D eigenvalue weighted by molar-refractivity contribution is 0.182. The Labute approximate surface area is 84.1 Å². The number of alkyl halides is 1. The van der Waals surface area contributed by atoms with E-state index in [1.54, 1.807) is 7.11 Å². The van der Waals surface area contributed by atoms with Crippen LogP contribution >= 0.6 is 11.6 Å². The Morgan fingerprint density at radius 1 is 1.38 bits per heavy atom. The molecule has 3 rings (SSSR count). The smallest absolute Gasteiger partial charge is 0.0952 e.